The maximum atomic E-state index is 10.3. The third-order valence-electron chi connectivity index (χ3n) is 3.32. The van der Waals surface area contributed by atoms with Gasteiger partial charge in [0.05, 0.1) is 0 Å². The van der Waals surface area contributed by atoms with Gasteiger partial charge in [-0.3, -0.25) is 4.79 Å². The highest BCUT2D eigenvalue weighted by molar-refractivity contribution is 5.66. The van der Waals surface area contributed by atoms with Crippen LogP contribution in [0, 0.1) is 0 Å². The van der Waals surface area contributed by atoms with E-state index in [1.807, 2.05) is 6.08 Å². The molecule has 0 amide bonds. The van der Waals surface area contributed by atoms with Gasteiger partial charge in [0.2, 0.25) is 0 Å². The zero-order valence-corrected chi connectivity index (χ0v) is 13.2. The summed E-state index contributed by atoms with van der Waals surface area (Å²) in [6.45, 7) is 2.25. The maximum absolute atomic E-state index is 10.3. The Morgan fingerprint density at radius 2 is 1.20 bits per heavy atom. The van der Waals surface area contributed by atoms with Gasteiger partial charge in [-0.05, 0) is 44.9 Å². The van der Waals surface area contributed by atoms with Crippen molar-refractivity contribution in [3.8, 4) is 0 Å². The van der Waals surface area contributed by atoms with Crippen molar-refractivity contribution in [3.63, 3.8) is 0 Å². The largest absolute Gasteiger partial charge is 0.481 e. The number of unbranched alkanes of at least 4 members (excludes halogenated alkanes) is 8. The summed E-state index contributed by atoms with van der Waals surface area (Å²) < 4.78 is 0. The molecule has 0 aliphatic carbocycles. The molecule has 0 heterocycles. The van der Waals surface area contributed by atoms with Crippen molar-refractivity contribution in [2.24, 2.45) is 0 Å². The normalized spacial score (nSPS) is 11.7. The molecule has 0 unspecified atom stereocenters. The Morgan fingerprint density at radius 1 is 0.750 bits per heavy atom. The summed E-state index contributed by atoms with van der Waals surface area (Å²) in [6.07, 6.45) is 22.4. The summed E-state index contributed by atoms with van der Waals surface area (Å²) in [4.78, 5) is 10.3. The van der Waals surface area contributed by atoms with Crippen LogP contribution in [0.2, 0.25) is 0 Å². The minimum Gasteiger partial charge on any atom is -0.481 e. The molecule has 0 saturated carbocycles. The molecule has 0 aliphatic rings. The molecule has 20 heavy (non-hydrogen) atoms. The summed E-state index contributed by atoms with van der Waals surface area (Å²) >= 11 is 0. The number of rotatable bonds is 14. The third kappa shape index (κ3) is 16.9. The van der Waals surface area contributed by atoms with Gasteiger partial charge in [-0.25, -0.2) is 0 Å². The van der Waals surface area contributed by atoms with Gasteiger partial charge in [0.25, 0.3) is 0 Å². The van der Waals surface area contributed by atoms with Crippen molar-refractivity contribution in [1.29, 1.82) is 0 Å². The van der Waals surface area contributed by atoms with E-state index in [0.717, 1.165) is 6.42 Å². The molecular formula is C18H32O2. The molecule has 0 spiro atoms. The fraction of sp³-hybridized carbons (Fsp3) is 0.722. The van der Waals surface area contributed by atoms with Crippen LogP contribution in [0.15, 0.2) is 24.3 Å². The van der Waals surface area contributed by atoms with Gasteiger partial charge in [0.15, 0.2) is 0 Å². The van der Waals surface area contributed by atoms with E-state index in [1.54, 1.807) is 0 Å². The van der Waals surface area contributed by atoms with Gasteiger partial charge in [-0.1, -0.05) is 56.9 Å². The number of allylic oxidation sites excluding steroid dienone is 4. The van der Waals surface area contributed by atoms with Crippen molar-refractivity contribution in [3.05, 3.63) is 24.3 Å². The minimum atomic E-state index is -0.713. The molecule has 1 N–H and O–H groups in total. The van der Waals surface area contributed by atoms with Gasteiger partial charge >= 0.3 is 5.97 Å². The first-order valence-electron chi connectivity index (χ1n) is 8.29. The first-order valence-corrected chi connectivity index (χ1v) is 8.29. The fourth-order valence-electron chi connectivity index (χ4n) is 2.07. The lowest BCUT2D eigenvalue weighted by Gasteiger charge is -1.96. The second-order valence-corrected chi connectivity index (χ2v) is 5.36. The predicted octanol–water partition coefficient (Wildman–Crippen LogP) is 5.88. The average Bonchev–Trinajstić information content (AvgIpc) is 2.43. The van der Waals surface area contributed by atoms with Crippen molar-refractivity contribution < 1.29 is 9.90 Å². The second kappa shape index (κ2) is 16.0. The molecule has 0 rings (SSSR count). The summed E-state index contributed by atoms with van der Waals surface area (Å²) in [5, 5.41) is 8.48. The molecule has 0 aromatic rings. The van der Waals surface area contributed by atoms with E-state index in [4.69, 9.17) is 5.11 Å². The highest BCUT2D eigenvalue weighted by Crippen LogP contribution is 2.07. The van der Waals surface area contributed by atoms with Gasteiger partial charge in [0, 0.05) is 6.42 Å². The fourth-order valence-corrected chi connectivity index (χ4v) is 2.07. The maximum Gasteiger partial charge on any atom is 0.303 e. The summed E-state index contributed by atoms with van der Waals surface area (Å²) in [7, 11) is 0. The molecular weight excluding hydrogens is 248 g/mol. The second-order valence-electron chi connectivity index (χ2n) is 5.36. The van der Waals surface area contributed by atoms with Crippen LogP contribution in [0.4, 0.5) is 0 Å². The van der Waals surface area contributed by atoms with Crippen LogP contribution in [-0.2, 0) is 4.79 Å². The lowest BCUT2D eigenvalue weighted by molar-refractivity contribution is -0.136. The zero-order chi connectivity index (χ0) is 14.9. The van der Waals surface area contributed by atoms with E-state index < -0.39 is 5.97 Å². The van der Waals surface area contributed by atoms with Crippen LogP contribution in [0.3, 0.4) is 0 Å². The molecule has 0 bridgehead atoms. The van der Waals surface area contributed by atoms with Crippen molar-refractivity contribution >= 4 is 5.97 Å². The summed E-state index contributed by atoms with van der Waals surface area (Å²) in [5.74, 6) is -0.713. The Balaban J connectivity index is 3.17. The van der Waals surface area contributed by atoms with Crippen molar-refractivity contribution in [1.82, 2.24) is 0 Å². The number of aliphatic carboxylic acids is 1. The Morgan fingerprint density at radius 3 is 1.70 bits per heavy atom. The standard InChI is InChI=1S/C18H32O2/c1-2-3-4-5-6-7-8-9-10-11-12-13-14-15-16-17-18(19)20/h8-9,14-15H,2-7,10-13,16-17H2,1H3,(H,19,20)/b9-8+,15-14+. The molecule has 2 heteroatoms. The number of carbonyl (C=O) groups is 1. The van der Waals surface area contributed by atoms with E-state index in [2.05, 4.69) is 25.2 Å². The third-order valence-corrected chi connectivity index (χ3v) is 3.32. The van der Waals surface area contributed by atoms with Crippen LogP contribution in [0.5, 0.6) is 0 Å². The van der Waals surface area contributed by atoms with E-state index in [-0.39, 0.29) is 6.42 Å². The van der Waals surface area contributed by atoms with Crippen LogP contribution in [0.1, 0.15) is 84.0 Å². The Labute approximate surface area is 125 Å². The van der Waals surface area contributed by atoms with Crippen molar-refractivity contribution in [2.75, 3.05) is 0 Å². The van der Waals surface area contributed by atoms with Gasteiger partial charge in [-0.15, -0.1) is 0 Å². The summed E-state index contributed by atoms with van der Waals surface area (Å²) in [6, 6.07) is 0. The number of hydrogen-bond donors (Lipinski definition) is 1. The smallest absolute Gasteiger partial charge is 0.303 e. The van der Waals surface area contributed by atoms with Crippen molar-refractivity contribution in [2.45, 2.75) is 84.0 Å². The minimum absolute atomic E-state index is 0.248. The number of carboxylic acid groups (broad SMARTS) is 1. The molecule has 0 radical (unpaired) electrons. The highest BCUT2D eigenvalue weighted by atomic mass is 16.4. The molecule has 2 nitrogen and oxygen atoms in total. The zero-order valence-electron chi connectivity index (χ0n) is 13.2. The van der Waals surface area contributed by atoms with Crippen LogP contribution < -0.4 is 0 Å². The van der Waals surface area contributed by atoms with E-state index in [0.29, 0.717) is 6.42 Å². The summed E-state index contributed by atoms with van der Waals surface area (Å²) in [5.41, 5.74) is 0. The first kappa shape index (κ1) is 18.9. The van der Waals surface area contributed by atoms with Gasteiger partial charge < -0.3 is 5.11 Å². The topological polar surface area (TPSA) is 37.3 Å². The Kier molecular flexibility index (Phi) is 15.2. The van der Waals surface area contributed by atoms with Gasteiger partial charge in [-0.2, -0.15) is 0 Å². The monoisotopic (exact) mass is 280 g/mol. The quantitative estimate of drug-likeness (QED) is 0.318. The molecule has 0 aliphatic heterocycles. The van der Waals surface area contributed by atoms with Crippen LogP contribution in [-0.4, -0.2) is 11.1 Å². The SMILES string of the molecule is CCCCCCC/C=C/CCCC/C=C/CCC(=O)O. The number of hydrogen-bond acceptors (Lipinski definition) is 1. The lowest BCUT2D eigenvalue weighted by atomic mass is 10.1. The van der Waals surface area contributed by atoms with E-state index in [9.17, 15) is 4.79 Å². The highest BCUT2D eigenvalue weighted by Gasteiger charge is 1.91. The van der Waals surface area contributed by atoms with Crippen LogP contribution >= 0.6 is 0 Å². The molecule has 0 aromatic heterocycles. The van der Waals surface area contributed by atoms with E-state index in [1.165, 1.54) is 57.8 Å². The molecule has 0 fully saturated rings. The predicted molar refractivity (Wildman–Crippen MR) is 87.0 cm³/mol. The first-order chi connectivity index (χ1) is 9.77. The molecule has 0 atom stereocenters. The molecule has 0 aromatic carbocycles. The van der Waals surface area contributed by atoms with Crippen LogP contribution in [0.25, 0.3) is 0 Å². The lowest BCUT2D eigenvalue weighted by Crippen LogP contribution is -1.91. The average molecular weight is 280 g/mol. The Bertz CT molecular complexity index is 267. The Hall–Kier alpha value is -1.05. The molecule has 116 valence electrons. The van der Waals surface area contributed by atoms with E-state index >= 15 is 0 Å². The number of carboxylic acids is 1. The molecule has 0 saturated heterocycles. The van der Waals surface area contributed by atoms with Gasteiger partial charge in [0.1, 0.15) is 0 Å².